The van der Waals surface area contributed by atoms with E-state index in [0.717, 1.165) is 28.2 Å². The number of aryl methyl sites for hydroxylation is 1. The van der Waals surface area contributed by atoms with Gasteiger partial charge >= 0.3 is 12.6 Å². The van der Waals surface area contributed by atoms with Gasteiger partial charge in [-0.3, -0.25) is 4.79 Å². The van der Waals surface area contributed by atoms with E-state index in [0.29, 0.717) is 57.1 Å². The monoisotopic (exact) mass is 633 g/mol. The van der Waals surface area contributed by atoms with Crippen molar-refractivity contribution in [2.45, 2.75) is 32.1 Å². The van der Waals surface area contributed by atoms with E-state index in [1.807, 2.05) is 36.2 Å². The quantitative estimate of drug-likeness (QED) is 0.423. The molecule has 0 spiro atoms. The number of hydrogen-bond acceptors (Lipinski definition) is 8. The first-order valence-corrected chi connectivity index (χ1v) is 15.3. The number of anilines is 1. The van der Waals surface area contributed by atoms with Gasteiger partial charge in [0.05, 0.1) is 17.8 Å². The van der Waals surface area contributed by atoms with Crippen LogP contribution < -0.4 is 20.7 Å². The van der Waals surface area contributed by atoms with Crippen LogP contribution >= 0.6 is 0 Å². The minimum absolute atomic E-state index is 0.0518. The number of benzene rings is 2. The summed E-state index contributed by atoms with van der Waals surface area (Å²) in [6.45, 7) is 2.22. The van der Waals surface area contributed by atoms with E-state index in [9.17, 15) is 18.4 Å². The molecule has 4 aliphatic rings. The summed E-state index contributed by atoms with van der Waals surface area (Å²) in [5.74, 6) is 0.677. The SMILES string of the molecule is CO[C@@H]1CNC[C@H]1NC(=O)N1CCN(C(=O)c2ccc(NC3=NC=CN4C3=CCC=C4c3ccc(OC(F)F)cc3)cc2C)CC1. The summed E-state index contributed by atoms with van der Waals surface area (Å²) in [5, 5.41) is 9.67. The largest absolute Gasteiger partial charge is 0.435 e. The number of allylic oxidation sites excluding steroid dienone is 2. The highest BCUT2D eigenvalue weighted by atomic mass is 19.3. The molecule has 3 N–H and O–H groups in total. The Labute approximate surface area is 266 Å². The first kappa shape index (κ1) is 31.2. The van der Waals surface area contributed by atoms with Gasteiger partial charge in [0, 0.05) is 75.7 Å². The average molecular weight is 634 g/mol. The Balaban J connectivity index is 1.05. The van der Waals surface area contributed by atoms with Gasteiger partial charge < -0.3 is 40.1 Å². The lowest BCUT2D eigenvalue weighted by Gasteiger charge is -2.36. The van der Waals surface area contributed by atoms with Gasteiger partial charge in [-0.15, -0.1) is 0 Å². The molecule has 0 aromatic heterocycles. The summed E-state index contributed by atoms with van der Waals surface area (Å²) >= 11 is 0. The number of halogens is 2. The molecular weight excluding hydrogens is 596 g/mol. The highest BCUT2D eigenvalue weighted by Gasteiger charge is 2.32. The van der Waals surface area contributed by atoms with E-state index >= 15 is 0 Å². The van der Waals surface area contributed by atoms with Crippen molar-refractivity contribution in [3.8, 4) is 5.75 Å². The van der Waals surface area contributed by atoms with Crippen molar-refractivity contribution >= 4 is 29.2 Å². The zero-order chi connectivity index (χ0) is 32.2. The topological polar surface area (TPSA) is 111 Å². The van der Waals surface area contributed by atoms with Gasteiger partial charge in [-0.05, 0) is 66.9 Å². The molecule has 2 aromatic rings. The Hall–Kier alpha value is -4.75. The van der Waals surface area contributed by atoms with Crippen LogP contribution in [0.5, 0.6) is 5.75 Å². The van der Waals surface area contributed by atoms with Gasteiger partial charge in [0.15, 0.2) is 5.84 Å². The highest BCUT2D eigenvalue weighted by molar-refractivity contribution is 6.10. The second-order valence-corrected chi connectivity index (χ2v) is 11.4. The number of nitrogens with zero attached hydrogens (tertiary/aromatic N) is 4. The average Bonchev–Trinajstić information content (AvgIpc) is 3.51. The van der Waals surface area contributed by atoms with Gasteiger partial charge in [-0.1, -0.05) is 12.2 Å². The minimum Gasteiger partial charge on any atom is -0.435 e. The number of carbonyl (C=O) groups is 2. The maximum absolute atomic E-state index is 13.5. The summed E-state index contributed by atoms with van der Waals surface area (Å²) in [5.41, 5.74) is 4.82. The lowest BCUT2D eigenvalue weighted by atomic mass is 10.0. The predicted octanol–water partition coefficient (Wildman–Crippen LogP) is 3.98. The first-order chi connectivity index (χ1) is 22.3. The Morgan fingerprint density at radius 1 is 1.00 bits per heavy atom. The number of nitrogens with one attached hydrogen (secondary N) is 3. The van der Waals surface area contributed by atoms with Crippen LogP contribution in [0.1, 0.15) is 27.9 Å². The molecule has 2 atom stereocenters. The zero-order valence-corrected chi connectivity index (χ0v) is 25.7. The number of ether oxygens (including phenoxy) is 2. The first-order valence-electron chi connectivity index (χ1n) is 15.3. The molecule has 6 rings (SSSR count). The van der Waals surface area contributed by atoms with Gasteiger partial charge in [0.25, 0.3) is 5.91 Å². The normalized spacial score (nSPS) is 21.0. The van der Waals surface area contributed by atoms with E-state index in [1.54, 1.807) is 35.2 Å². The smallest absolute Gasteiger partial charge is 0.387 e. The molecule has 4 aliphatic heterocycles. The maximum Gasteiger partial charge on any atom is 0.387 e. The van der Waals surface area contributed by atoms with Crippen LogP contribution in [0.25, 0.3) is 5.70 Å². The molecule has 11 nitrogen and oxygen atoms in total. The fourth-order valence-electron chi connectivity index (χ4n) is 6.08. The standard InChI is InChI=1S/C33H37F2N7O4/c1-21-18-23(8-11-25(21)31(43)40-14-16-41(17-15-40)33(44)39-26-19-36-20-29(26)45-2)38-30-28-5-3-4-27(42(28)13-12-37-30)22-6-9-24(10-7-22)46-32(34)35/h4-13,18,26,29,32,36H,3,14-17,19-20H2,1-2H3,(H,37,38)(H,39,44)/t26-,29-/m1/s1. The van der Waals surface area contributed by atoms with Crippen molar-refractivity contribution in [2.75, 3.05) is 51.7 Å². The molecule has 0 unspecified atom stereocenters. The van der Waals surface area contributed by atoms with Crippen molar-refractivity contribution in [1.82, 2.24) is 25.3 Å². The van der Waals surface area contributed by atoms with Crippen LogP contribution in [0.3, 0.4) is 0 Å². The molecule has 0 radical (unpaired) electrons. The molecule has 242 valence electrons. The van der Waals surface area contributed by atoms with Gasteiger partial charge in [0.1, 0.15) is 5.75 Å². The van der Waals surface area contributed by atoms with Gasteiger partial charge in [-0.25, -0.2) is 9.79 Å². The predicted molar refractivity (Wildman–Crippen MR) is 170 cm³/mol. The summed E-state index contributed by atoms with van der Waals surface area (Å²) in [6.07, 6.45) is 8.27. The molecule has 4 heterocycles. The van der Waals surface area contributed by atoms with Crippen molar-refractivity contribution < 1.29 is 27.8 Å². The van der Waals surface area contributed by atoms with Crippen molar-refractivity contribution in [3.05, 3.63) is 89.4 Å². The molecule has 13 heteroatoms. The van der Waals surface area contributed by atoms with Crippen molar-refractivity contribution in [1.29, 1.82) is 0 Å². The fraction of sp³-hybridized carbons (Fsp3) is 0.364. The molecule has 0 bridgehead atoms. The van der Waals surface area contributed by atoms with Crippen LogP contribution in [0.4, 0.5) is 19.3 Å². The van der Waals surface area contributed by atoms with Crippen molar-refractivity contribution in [2.24, 2.45) is 4.99 Å². The number of fused-ring (bicyclic) bond motifs is 1. The Bertz CT molecular complexity index is 1580. The summed E-state index contributed by atoms with van der Waals surface area (Å²) in [6, 6.07) is 11.9. The molecule has 46 heavy (non-hydrogen) atoms. The van der Waals surface area contributed by atoms with Gasteiger partial charge in [0.2, 0.25) is 0 Å². The van der Waals surface area contributed by atoms with Crippen LogP contribution in [0.2, 0.25) is 0 Å². The summed E-state index contributed by atoms with van der Waals surface area (Å²) < 4.78 is 35.1. The van der Waals surface area contributed by atoms with Crippen LogP contribution in [-0.4, -0.2) is 97.6 Å². The number of amidine groups is 1. The van der Waals surface area contributed by atoms with E-state index in [-0.39, 0.29) is 29.8 Å². The zero-order valence-electron chi connectivity index (χ0n) is 25.7. The molecular formula is C33H37F2N7O4. The van der Waals surface area contributed by atoms with Crippen molar-refractivity contribution in [3.63, 3.8) is 0 Å². The molecule has 0 aliphatic carbocycles. The lowest BCUT2D eigenvalue weighted by molar-refractivity contribution is -0.0498. The number of piperazine rings is 1. The second-order valence-electron chi connectivity index (χ2n) is 11.4. The third-order valence-electron chi connectivity index (χ3n) is 8.52. The number of urea groups is 1. The van der Waals surface area contributed by atoms with E-state index < -0.39 is 6.61 Å². The third kappa shape index (κ3) is 6.75. The number of carbonyl (C=O) groups excluding carboxylic acids is 2. The number of alkyl halides is 2. The molecule has 2 saturated heterocycles. The number of amides is 3. The van der Waals surface area contributed by atoms with E-state index in [1.165, 1.54) is 12.1 Å². The highest BCUT2D eigenvalue weighted by Crippen LogP contribution is 2.33. The molecule has 3 amide bonds. The number of rotatable bonds is 7. The third-order valence-corrected chi connectivity index (χ3v) is 8.52. The Morgan fingerprint density at radius 3 is 2.46 bits per heavy atom. The Morgan fingerprint density at radius 2 is 1.74 bits per heavy atom. The lowest BCUT2D eigenvalue weighted by Crippen LogP contribution is -2.56. The number of methoxy groups -OCH3 is 1. The van der Waals surface area contributed by atoms with E-state index in [4.69, 9.17) is 4.74 Å². The summed E-state index contributed by atoms with van der Waals surface area (Å²) in [7, 11) is 1.64. The fourth-order valence-corrected chi connectivity index (χ4v) is 6.08. The summed E-state index contributed by atoms with van der Waals surface area (Å²) in [4.78, 5) is 36.4. The van der Waals surface area contributed by atoms with Crippen LogP contribution in [0, 0.1) is 6.92 Å². The maximum atomic E-state index is 13.5. The minimum atomic E-state index is -2.88. The second kappa shape index (κ2) is 13.7. The van der Waals surface area contributed by atoms with Crippen LogP contribution in [0.15, 0.2) is 77.7 Å². The van der Waals surface area contributed by atoms with Crippen LogP contribution in [-0.2, 0) is 4.74 Å². The molecule has 0 saturated carbocycles. The Kier molecular flexibility index (Phi) is 9.31. The van der Waals surface area contributed by atoms with Gasteiger partial charge in [-0.2, -0.15) is 8.78 Å². The molecule has 2 fully saturated rings. The number of hydrogen-bond donors (Lipinski definition) is 3. The van der Waals surface area contributed by atoms with E-state index in [2.05, 4.69) is 37.8 Å². The molecule has 2 aromatic carbocycles. The number of aliphatic imine (C=N–C) groups is 1.